The maximum atomic E-state index is 4.18. The molecule has 94 valence electrons. The van der Waals surface area contributed by atoms with E-state index < -0.39 is 0 Å². The molecule has 1 aromatic rings. The van der Waals surface area contributed by atoms with Gasteiger partial charge in [-0.2, -0.15) is 0 Å². The largest absolute Gasteiger partial charge is 0.319 e. The standard InChI is InChI=1S/C12H21N5/c1-9(12-15-13-8-16(12)2)14-11-4-6-17-5-3-10(11)7-17/h8-11,14H,3-7H2,1-2H3. The SMILES string of the molecule is CC(NC1CCN2CCC1C2)c1nncn1C. The summed E-state index contributed by atoms with van der Waals surface area (Å²) in [7, 11) is 2.01. The molecule has 4 unspecified atom stereocenters. The maximum Gasteiger partial charge on any atom is 0.149 e. The van der Waals surface area contributed by atoms with Crippen molar-refractivity contribution in [2.45, 2.75) is 31.8 Å². The van der Waals surface area contributed by atoms with E-state index in [0.717, 1.165) is 11.7 Å². The Labute approximate surface area is 102 Å². The average molecular weight is 235 g/mol. The summed E-state index contributed by atoms with van der Waals surface area (Å²) in [6.07, 6.45) is 4.39. The Balaban J connectivity index is 1.65. The Bertz CT molecular complexity index is 388. The lowest BCUT2D eigenvalue weighted by atomic mass is 9.93. The van der Waals surface area contributed by atoms with Crippen LogP contribution in [0, 0.1) is 5.92 Å². The van der Waals surface area contributed by atoms with Gasteiger partial charge in [-0.1, -0.05) is 0 Å². The summed E-state index contributed by atoms with van der Waals surface area (Å²) >= 11 is 0. The first-order valence-electron chi connectivity index (χ1n) is 6.56. The summed E-state index contributed by atoms with van der Waals surface area (Å²) in [4.78, 5) is 2.58. The highest BCUT2D eigenvalue weighted by Crippen LogP contribution is 2.28. The van der Waals surface area contributed by atoms with Gasteiger partial charge in [-0.05, 0) is 38.8 Å². The van der Waals surface area contributed by atoms with Crippen LogP contribution in [0.2, 0.25) is 0 Å². The highest BCUT2D eigenvalue weighted by molar-refractivity contribution is 4.97. The predicted octanol–water partition coefficient (Wildman–Crippen LogP) is 0.560. The van der Waals surface area contributed by atoms with Crippen molar-refractivity contribution >= 4 is 0 Å². The van der Waals surface area contributed by atoms with Crippen LogP contribution in [0.4, 0.5) is 0 Å². The van der Waals surface area contributed by atoms with E-state index in [0.29, 0.717) is 12.1 Å². The summed E-state index contributed by atoms with van der Waals surface area (Å²) in [5.41, 5.74) is 0. The lowest BCUT2D eigenvalue weighted by Crippen LogP contribution is -2.45. The molecule has 3 heterocycles. The van der Waals surface area contributed by atoms with E-state index in [9.17, 15) is 0 Å². The van der Waals surface area contributed by atoms with E-state index in [4.69, 9.17) is 0 Å². The fourth-order valence-electron chi connectivity index (χ4n) is 3.25. The van der Waals surface area contributed by atoms with E-state index >= 15 is 0 Å². The number of nitrogens with zero attached hydrogens (tertiary/aromatic N) is 4. The highest BCUT2D eigenvalue weighted by atomic mass is 15.3. The molecule has 0 spiro atoms. The van der Waals surface area contributed by atoms with Gasteiger partial charge in [0.2, 0.25) is 0 Å². The lowest BCUT2D eigenvalue weighted by Gasteiger charge is -2.32. The van der Waals surface area contributed by atoms with Crippen molar-refractivity contribution in [3.63, 3.8) is 0 Å². The molecule has 2 saturated heterocycles. The molecule has 4 atom stereocenters. The molecule has 2 aliphatic rings. The zero-order chi connectivity index (χ0) is 11.8. The number of piperidine rings is 1. The number of fused-ring (bicyclic) bond motifs is 2. The number of nitrogens with one attached hydrogen (secondary N) is 1. The molecule has 3 rings (SSSR count). The number of rotatable bonds is 3. The summed E-state index contributed by atoms with van der Waals surface area (Å²) in [6.45, 7) is 6.01. The minimum absolute atomic E-state index is 0.291. The molecule has 0 radical (unpaired) electrons. The van der Waals surface area contributed by atoms with Crippen molar-refractivity contribution in [1.29, 1.82) is 0 Å². The van der Waals surface area contributed by atoms with E-state index in [1.807, 2.05) is 11.6 Å². The maximum absolute atomic E-state index is 4.18. The average Bonchev–Trinajstić information content (AvgIpc) is 2.90. The Morgan fingerprint density at radius 2 is 2.24 bits per heavy atom. The van der Waals surface area contributed by atoms with Crippen LogP contribution in [0.1, 0.15) is 31.6 Å². The van der Waals surface area contributed by atoms with Gasteiger partial charge in [0.05, 0.1) is 6.04 Å². The van der Waals surface area contributed by atoms with Crippen LogP contribution in [0.15, 0.2) is 6.33 Å². The van der Waals surface area contributed by atoms with Crippen LogP contribution >= 0.6 is 0 Å². The molecule has 2 fully saturated rings. The first-order chi connectivity index (χ1) is 8.24. The molecule has 0 aromatic carbocycles. The van der Waals surface area contributed by atoms with Crippen molar-refractivity contribution < 1.29 is 0 Å². The second-order valence-corrected chi connectivity index (χ2v) is 5.43. The third kappa shape index (κ3) is 2.09. The molecule has 17 heavy (non-hydrogen) atoms. The van der Waals surface area contributed by atoms with Gasteiger partial charge < -0.3 is 14.8 Å². The van der Waals surface area contributed by atoms with E-state index in [1.54, 1.807) is 6.33 Å². The summed E-state index contributed by atoms with van der Waals surface area (Å²) < 4.78 is 2.00. The van der Waals surface area contributed by atoms with Crippen LogP contribution < -0.4 is 5.32 Å². The van der Waals surface area contributed by atoms with Crippen LogP contribution in [0.25, 0.3) is 0 Å². The number of hydrogen-bond acceptors (Lipinski definition) is 4. The third-order valence-corrected chi connectivity index (χ3v) is 4.23. The van der Waals surface area contributed by atoms with Gasteiger partial charge in [0.1, 0.15) is 12.2 Å². The summed E-state index contributed by atoms with van der Waals surface area (Å²) in [5, 5.41) is 11.9. The zero-order valence-electron chi connectivity index (χ0n) is 10.6. The molecular weight excluding hydrogens is 214 g/mol. The fraction of sp³-hybridized carbons (Fsp3) is 0.833. The minimum atomic E-state index is 0.291. The van der Waals surface area contributed by atoms with E-state index in [2.05, 4.69) is 27.3 Å². The Morgan fingerprint density at radius 3 is 3.00 bits per heavy atom. The molecular formula is C12H21N5. The zero-order valence-corrected chi connectivity index (χ0v) is 10.6. The molecule has 2 aliphatic heterocycles. The van der Waals surface area contributed by atoms with Crippen molar-refractivity contribution in [1.82, 2.24) is 25.0 Å². The van der Waals surface area contributed by atoms with Crippen LogP contribution in [0.5, 0.6) is 0 Å². The molecule has 0 aliphatic carbocycles. The third-order valence-electron chi connectivity index (χ3n) is 4.23. The molecule has 5 heteroatoms. The van der Waals surface area contributed by atoms with Crippen molar-refractivity contribution in [3.8, 4) is 0 Å². The second-order valence-electron chi connectivity index (χ2n) is 5.43. The van der Waals surface area contributed by atoms with Gasteiger partial charge in [-0.3, -0.25) is 0 Å². The van der Waals surface area contributed by atoms with Gasteiger partial charge in [0, 0.05) is 19.6 Å². The van der Waals surface area contributed by atoms with Gasteiger partial charge in [0.25, 0.3) is 0 Å². The van der Waals surface area contributed by atoms with Gasteiger partial charge in [-0.15, -0.1) is 10.2 Å². The van der Waals surface area contributed by atoms with Crippen molar-refractivity contribution in [2.75, 3.05) is 19.6 Å². The van der Waals surface area contributed by atoms with Crippen LogP contribution in [-0.2, 0) is 7.05 Å². The molecule has 1 aromatic heterocycles. The minimum Gasteiger partial charge on any atom is -0.319 e. The van der Waals surface area contributed by atoms with Gasteiger partial charge >= 0.3 is 0 Å². The van der Waals surface area contributed by atoms with Crippen molar-refractivity contribution in [3.05, 3.63) is 12.2 Å². The highest BCUT2D eigenvalue weighted by Gasteiger charge is 2.35. The Hall–Kier alpha value is -0.940. The summed E-state index contributed by atoms with van der Waals surface area (Å²) in [5.74, 6) is 1.87. The quantitative estimate of drug-likeness (QED) is 0.831. The lowest BCUT2D eigenvalue weighted by molar-refractivity contribution is 0.210. The summed E-state index contributed by atoms with van der Waals surface area (Å²) in [6, 6.07) is 0.945. The van der Waals surface area contributed by atoms with Crippen LogP contribution in [0.3, 0.4) is 0 Å². The second kappa shape index (κ2) is 4.38. The fourth-order valence-corrected chi connectivity index (χ4v) is 3.25. The predicted molar refractivity (Wildman–Crippen MR) is 65.5 cm³/mol. The Morgan fingerprint density at radius 1 is 1.41 bits per heavy atom. The Kier molecular flexibility index (Phi) is 2.88. The molecule has 1 N–H and O–H groups in total. The molecule has 5 nitrogen and oxygen atoms in total. The van der Waals surface area contributed by atoms with Gasteiger partial charge in [-0.25, -0.2) is 0 Å². The number of hydrogen-bond donors (Lipinski definition) is 1. The van der Waals surface area contributed by atoms with E-state index in [1.165, 1.54) is 32.5 Å². The number of aryl methyl sites for hydroxylation is 1. The molecule has 0 saturated carbocycles. The topological polar surface area (TPSA) is 46.0 Å². The van der Waals surface area contributed by atoms with Crippen LogP contribution in [-0.4, -0.2) is 45.3 Å². The normalized spacial score (nSPS) is 33.9. The monoisotopic (exact) mass is 235 g/mol. The smallest absolute Gasteiger partial charge is 0.149 e. The first kappa shape index (κ1) is 11.2. The van der Waals surface area contributed by atoms with Crippen molar-refractivity contribution in [2.24, 2.45) is 13.0 Å². The molecule has 2 bridgehead atoms. The first-order valence-corrected chi connectivity index (χ1v) is 6.56. The van der Waals surface area contributed by atoms with Gasteiger partial charge in [0.15, 0.2) is 0 Å². The molecule has 0 amide bonds. The number of aromatic nitrogens is 3. The van der Waals surface area contributed by atoms with E-state index in [-0.39, 0.29) is 0 Å².